The lowest BCUT2D eigenvalue weighted by Gasteiger charge is -2.16. The highest BCUT2D eigenvalue weighted by Gasteiger charge is 2.26. The summed E-state index contributed by atoms with van der Waals surface area (Å²) in [5.41, 5.74) is 8.06. The topological polar surface area (TPSA) is 55.1 Å². The molecule has 0 aromatic heterocycles. The smallest absolute Gasteiger partial charge is 0.224 e. The number of rotatable bonds is 4. The highest BCUT2D eigenvalue weighted by molar-refractivity contribution is 6.30. The SMILES string of the molecule is Cl.N[C@@H]1CCC[C@H]1CC(=O)Nc1ccc(F)cc1-c1ccc(Cl)cc1. The third kappa shape index (κ3) is 4.94. The Bertz CT molecular complexity index is 737. The van der Waals surface area contributed by atoms with E-state index in [2.05, 4.69) is 5.32 Å². The van der Waals surface area contributed by atoms with Gasteiger partial charge in [0.2, 0.25) is 5.91 Å². The van der Waals surface area contributed by atoms with Crippen LogP contribution in [0.5, 0.6) is 0 Å². The predicted molar refractivity (Wildman–Crippen MR) is 103 cm³/mol. The Hall–Kier alpha value is -1.62. The zero-order chi connectivity index (χ0) is 17.1. The lowest BCUT2D eigenvalue weighted by molar-refractivity contribution is -0.117. The van der Waals surface area contributed by atoms with E-state index < -0.39 is 0 Å². The number of halogens is 3. The lowest BCUT2D eigenvalue weighted by atomic mass is 9.99. The standard InChI is InChI=1S/C19H20ClFN2O.ClH/c20-14-6-4-12(5-7-14)16-11-15(21)8-9-18(16)23-19(24)10-13-2-1-3-17(13)22;/h4-9,11,13,17H,1-3,10,22H2,(H,23,24);1H/t13-,17+;/m0./s1. The Kier molecular flexibility index (Phi) is 6.82. The first-order valence-electron chi connectivity index (χ1n) is 8.14. The molecule has 3 N–H and O–H groups in total. The fourth-order valence-electron chi connectivity index (χ4n) is 3.25. The average molecular weight is 383 g/mol. The molecule has 0 bridgehead atoms. The number of anilines is 1. The van der Waals surface area contributed by atoms with Crippen LogP contribution in [-0.2, 0) is 4.79 Å². The molecule has 1 aliphatic carbocycles. The van der Waals surface area contributed by atoms with E-state index >= 15 is 0 Å². The molecule has 0 radical (unpaired) electrons. The molecule has 2 aromatic carbocycles. The van der Waals surface area contributed by atoms with E-state index in [1.54, 1.807) is 30.3 Å². The van der Waals surface area contributed by atoms with Crippen molar-refractivity contribution in [3.05, 3.63) is 53.3 Å². The zero-order valence-corrected chi connectivity index (χ0v) is 15.2. The number of nitrogens with one attached hydrogen (secondary N) is 1. The molecular formula is C19H21Cl2FN2O. The van der Waals surface area contributed by atoms with E-state index in [9.17, 15) is 9.18 Å². The van der Waals surface area contributed by atoms with Gasteiger partial charge in [0.05, 0.1) is 0 Å². The van der Waals surface area contributed by atoms with Crippen LogP contribution in [-0.4, -0.2) is 11.9 Å². The van der Waals surface area contributed by atoms with Crippen LogP contribution in [0.15, 0.2) is 42.5 Å². The number of amides is 1. The van der Waals surface area contributed by atoms with E-state index in [1.807, 2.05) is 0 Å². The van der Waals surface area contributed by atoms with Crippen LogP contribution >= 0.6 is 24.0 Å². The maximum absolute atomic E-state index is 13.7. The molecule has 1 saturated carbocycles. The summed E-state index contributed by atoms with van der Waals surface area (Å²) in [4.78, 5) is 12.4. The first kappa shape index (κ1) is 19.7. The molecule has 25 heavy (non-hydrogen) atoms. The molecule has 3 rings (SSSR count). The van der Waals surface area contributed by atoms with Crippen LogP contribution in [0.1, 0.15) is 25.7 Å². The number of nitrogens with two attached hydrogens (primary N) is 1. The Morgan fingerprint density at radius 2 is 1.92 bits per heavy atom. The van der Waals surface area contributed by atoms with Crippen LogP contribution in [0.25, 0.3) is 11.1 Å². The summed E-state index contributed by atoms with van der Waals surface area (Å²) >= 11 is 5.91. The molecule has 0 spiro atoms. The quantitative estimate of drug-likeness (QED) is 0.779. The molecule has 0 aliphatic heterocycles. The summed E-state index contributed by atoms with van der Waals surface area (Å²) in [5.74, 6) is -0.209. The highest BCUT2D eigenvalue weighted by atomic mass is 35.5. The van der Waals surface area contributed by atoms with Gasteiger partial charge >= 0.3 is 0 Å². The molecule has 1 amide bonds. The van der Waals surface area contributed by atoms with E-state index in [0.717, 1.165) is 24.8 Å². The first-order chi connectivity index (χ1) is 11.5. The molecule has 1 fully saturated rings. The summed E-state index contributed by atoms with van der Waals surface area (Å²) < 4.78 is 13.7. The predicted octanol–water partition coefficient (Wildman–Crippen LogP) is 5.02. The minimum atomic E-state index is -0.351. The molecule has 0 heterocycles. The normalized spacial score (nSPS) is 19.3. The number of hydrogen-bond acceptors (Lipinski definition) is 2. The van der Waals surface area contributed by atoms with Gasteiger partial charge in [0.25, 0.3) is 0 Å². The molecule has 2 atom stereocenters. The van der Waals surface area contributed by atoms with Crippen molar-refractivity contribution in [2.24, 2.45) is 11.7 Å². The summed E-state index contributed by atoms with van der Waals surface area (Å²) in [7, 11) is 0. The van der Waals surface area contributed by atoms with Crippen molar-refractivity contribution < 1.29 is 9.18 Å². The van der Waals surface area contributed by atoms with Gasteiger partial charge in [-0.15, -0.1) is 12.4 Å². The third-order valence-electron chi connectivity index (χ3n) is 4.58. The summed E-state index contributed by atoms with van der Waals surface area (Å²) in [6.07, 6.45) is 3.44. The van der Waals surface area contributed by atoms with Gasteiger partial charge in [0, 0.05) is 28.7 Å². The van der Waals surface area contributed by atoms with Gasteiger partial charge in [-0.2, -0.15) is 0 Å². The van der Waals surface area contributed by atoms with Gasteiger partial charge in [0.15, 0.2) is 0 Å². The van der Waals surface area contributed by atoms with Gasteiger partial charge in [-0.3, -0.25) is 4.79 Å². The van der Waals surface area contributed by atoms with Gasteiger partial charge in [-0.25, -0.2) is 4.39 Å². The lowest BCUT2D eigenvalue weighted by Crippen LogP contribution is -2.28. The summed E-state index contributed by atoms with van der Waals surface area (Å²) in [6.45, 7) is 0. The Labute approximate surface area is 158 Å². The van der Waals surface area contributed by atoms with Crippen molar-refractivity contribution in [2.75, 3.05) is 5.32 Å². The van der Waals surface area contributed by atoms with Gasteiger partial charge in [0.1, 0.15) is 5.82 Å². The maximum Gasteiger partial charge on any atom is 0.224 e. The van der Waals surface area contributed by atoms with Gasteiger partial charge in [-0.05, 0) is 54.7 Å². The van der Waals surface area contributed by atoms with Crippen molar-refractivity contribution >= 4 is 35.6 Å². The summed E-state index contributed by atoms with van der Waals surface area (Å²) in [5, 5.41) is 3.51. The van der Waals surface area contributed by atoms with Crippen LogP contribution in [0.4, 0.5) is 10.1 Å². The van der Waals surface area contributed by atoms with Gasteiger partial charge in [-0.1, -0.05) is 30.2 Å². The van der Waals surface area contributed by atoms with E-state index in [4.69, 9.17) is 17.3 Å². The molecule has 1 aliphatic rings. The molecule has 0 saturated heterocycles. The Morgan fingerprint density at radius 1 is 1.20 bits per heavy atom. The van der Waals surface area contributed by atoms with Crippen LogP contribution in [0, 0.1) is 11.7 Å². The van der Waals surface area contributed by atoms with Crippen LogP contribution in [0.2, 0.25) is 5.02 Å². The highest BCUT2D eigenvalue weighted by Crippen LogP contribution is 2.31. The fourth-order valence-corrected chi connectivity index (χ4v) is 3.38. The molecule has 0 unspecified atom stereocenters. The second kappa shape index (κ2) is 8.65. The van der Waals surface area contributed by atoms with Crippen molar-refractivity contribution in [1.29, 1.82) is 0 Å². The van der Waals surface area contributed by atoms with Crippen molar-refractivity contribution in [1.82, 2.24) is 0 Å². The number of carbonyl (C=O) groups is 1. The number of hydrogen-bond donors (Lipinski definition) is 2. The second-order valence-electron chi connectivity index (χ2n) is 6.30. The minimum Gasteiger partial charge on any atom is -0.327 e. The Balaban J connectivity index is 0.00000225. The minimum absolute atomic E-state index is 0. The third-order valence-corrected chi connectivity index (χ3v) is 4.83. The first-order valence-corrected chi connectivity index (χ1v) is 8.51. The number of carbonyl (C=O) groups excluding carboxylic acids is 1. The zero-order valence-electron chi connectivity index (χ0n) is 13.7. The molecule has 3 nitrogen and oxygen atoms in total. The van der Waals surface area contributed by atoms with Crippen molar-refractivity contribution in [2.45, 2.75) is 31.7 Å². The monoisotopic (exact) mass is 382 g/mol. The molecular weight excluding hydrogens is 362 g/mol. The maximum atomic E-state index is 13.7. The van der Waals surface area contributed by atoms with Crippen LogP contribution in [0.3, 0.4) is 0 Å². The Morgan fingerprint density at radius 3 is 2.56 bits per heavy atom. The van der Waals surface area contributed by atoms with E-state index in [1.165, 1.54) is 12.1 Å². The van der Waals surface area contributed by atoms with E-state index in [-0.39, 0.29) is 36.1 Å². The molecule has 2 aromatic rings. The average Bonchev–Trinajstić information content (AvgIpc) is 2.95. The fraction of sp³-hybridized carbons (Fsp3) is 0.316. The molecule has 6 heteroatoms. The summed E-state index contributed by atoms with van der Waals surface area (Å²) in [6, 6.07) is 11.5. The van der Waals surface area contributed by atoms with Gasteiger partial charge < -0.3 is 11.1 Å². The van der Waals surface area contributed by atoms with Crippen LogP contribution < -0.4 is 11.1 Å². The molecule has 134 valence electrons. The van der Waals surface area contributed by atoms with Crippen molar-refractivity contribution in [3.63, 3.8) is 0 Å². The second-order valence-corrected chi connectivity index (χ2v) is 6.74. The largest absolute Gasteiger partial charge is 0.327 e. The van der Waals surface area contributed by atoms with E-state index in [0.29, 0.717) is 22.7 Å². The number of benzene rings is 2. The van der Waals surface area contributed by atoms with Crippen molar-refractivity contribution in [3.8, 4) is 11.1 Å².